The molecule has 0 bridgehead atoms. The summed E-state index contributed by atoms with van der Waals surface area (Å²) in [6, 6.07) is 10.2. The van der Waals surface area contributed by atoms with E-state index in [9.17, 15) is 4.79 Å². The summed E-state index contributed by atoms with van der Waals surface area (Å²) in [6.07, 6.45) is 3.18. The SMILES string of the molecule is [CH2]CCCNC(=O)OCCCc1ccccc1. The minimum Gasteiger partial charge on any atom is -0.450 e. The van der Waals surface area contributed by atoms with E-state index in [1.54, 1.807) is 0 Å². The topological polar surface area (TPSA) is 38.3 Å². The third-order valence-corrected chi connectivity index (χ3v) is 2.38. The van der Waals surface area contributed by atoms with Gasteiger partial charge in [0.05, 0.1) is 6.61 Å². The number of nitrogens with one attached hydrogen (secondary N) is 1. The highest BCUT2D eigenvalue weighted by atomic mass is 16.5. The maximum absolute atomic E-state index is 11.2. The number of carbonyl (C=O) groups excluding carboxylic acids is 1. The van der Waals surface area contributed by atoms with Crippen molar-refractivity contribution in [1.82, 2.24) is 5.32 Å². The summed E-state index contributed by atoms with van der Waals surface area (Å²) in [5.41, 5.74) is 1.27. The molecule has 1 amide bonds. The average Bonchev–Trinajstić information content (AvgIpc) is 2.36. The molecule has 0 aliphatic heterocycles. The molecule has 0 aliphatic rings. The van der Waals surface area contributed by atoms with Gasteiger partial charge in [-0.1, -0.05) is 43.7 Å². The van der Waals surface area contributed by atoms with E-state index >= 15 is 0 Å². The zero-order valence-corrected chi connectivity index (χ0v) is 10.2. The van der Waals surface area contributed by atoms with Crippen LogP contribution in [0.4, 0.5) is 4.79 Å². The van der Waals surface area contributed by atoms with Gasteiger partial charge in [-0.05, 0) is 24.8 Å². The lowest BCUT2D eigenvalue weighted by Gasteiger charge is -2.06. The number of amides is 1. The van der Waals surface area contributed by atoms with Crippen molar-refractivity contribution >= 4 is 6.09 Å². The molecule has 0 unspecified atom stereocenters. The monoisotopic (exact) mass is 234 g/mol. The Morgan fingerprint density at radius 2 is 2.00 bits per heavy atom. The first kappa shape index (κ1) is 13.6. The van der Waals surface area contributed by atoms with Crippen molar-refractivity contribution in [2.45, 2.75) is 25.7 Å². The molecule has 1 N–H and O–H groups in total. The van der Waals surface area contributed by atoms with Crippen molar-refractivity contribution in [2.75, 3.05) is 13.2 Å². The standard InChI is InChI=1S/C14H20NO2/c1-2-3-11-15-14(16)17-12-7-10-13-8-5-4-6-9-13/h4-6,8-9H,1-3,7,10-12H2,(H,15,16). The number of ether oxygens (including phenoxy) is 1. The molecule has 0 heterocycles. The van der Waals surface area contributed by atoms with E-state index < -0.39 is 0 Å². The minimum atomic E-state index is -0.327. The highest BCUT2D eigenvalue weighted by Gasteiger charge is 2.00. The van der Waals surface area contributed by atoms with Crippen molar-refractivity contribution in [1.29, 1.82) is 0 Å². The number of aryl methyl sites for hydroxylation is 1. The molecule has 0 atom stereocenters. The number of rotatable bonds is 7. The lowest BCUT2D eigenvalue weighted by Crippen LogP contribution is -2.25. The smallest absolute Gasteiger partial charge is 0.407 e. The molecular formula is C14H20NO2. The molecule has 1 aromatic carbocycles. The summed E-state index contributed by atoms with van der Waals surface area (Å²) < 4.78 is 5.04. The quantitative estimate of drug-likeness (QED) is 0.737. The van der Waals surface area contributed by atoms with Crippen LogP contribution in [-0.2, 0) is 11.2 Å². The zero-order valence-electron chi connectivity index (χ0n) is 10.2. The van der Waals surface area contributed by atoms with Crippen molar-refractivity contribution < 1.29 is 9.53 Å². The molecule has 17 heavy (non-hydrogen) atoms. The van der Waals surface area contributed by atoms with Gasteiger partial charge in [0.2, 0.25) is 0 Å². The van der Waals surface area contributed by atoms with Crippen LogP contribution in [-0.4, -0.2) is 19.2 Å². The minimum absolute atomic E-state index is 0.327. The third-order valence-electron chi connectivity index (χ3n) is 2.38. The van der Waals surface area contributed by atoms with Crippen LogP contribution in [0, 0.1) is 6.92 Å². The van der Waals surface area contributed by atoms with Gasteiger partial charge in [0.1, 0.15) is 0 Å². The van der Waals surface area contributed by atoms with E-state index in [4.69, 9.17) is 4.74 Å². The summed E-state index contributed by atoms with van der Waals surface area (Å²) in [5, 5.41) is 2.68. The third kappa shape index (κ3) is 6.61. The maximum Gasteiger partial charge on any atom is 0.407 e. The van der Waals surface area contributed by atoms with Crippen molar-refractivity contribution in [3.63, 3.8) is 0 Å². The van der Waals surface area contributed by atoms with Gasteiger partial charge in [0.15, 0.2) is 0 Å². The number of hydrogen-bond donors (Lipinski definition) is 1. The van der Waals surface area contributed by atoms with Crippen LogP contribution < -0.4 is 5.32 Å². The average molecular weight is 234 g/mol. The molecule has 0 saturated carbocycles. The fraction of sp³-hybridized carbons (Fsp3) is 0.429. The van der Waals surface area contributed by atoms with Gasteiger partial charge in [-0.3, -0.25) is 0 Å². The van der Waals surface area contributed by atoms with Gasteiger partial charge in [-0.15, -0.1) is 0 Å². The predicted molar refractivity (Wildman–Crippen MR) is 68.7 cm³/mol. The van der Waals surface area contributed by atoms with E-state index in [2.05, 4.69) is 24.4 Å². The number of alkyl carbamates (subject to hydrolysis) is 1. The molecule has 1 aromatic rings. The van der Waals surface area contributed by atoms with Crippen LogP contribution in [0.25, 0.3) is 0 Å². The summed E-state index contributed by atoms with van der Waals surface area (Å²) >= 11 is 0. The van der Waals surface area contributed by atoms with Crippen LogP contribution in [0.5, 0.6) is 0 Å². The van der Waals surface area contributed by atoms with Gasteiger partial charge in [-0.25, -0.2) is 4.79 Å². The van der Waals surface area contributed by atoms with E-state index in [1.165, 1.54) is 5.56 Å². The second kappa shape index (κ2) is 8.62. The Morgan fingerprint density at radius 1 is 1.24 bits per heavy atom. The second-order valence-corrected chi connectivity index (χ2v) is 3.86. The lowest BCUT2D eigenvalue weighted by molar-refractivity contribution is 0.145. The molecule has 0 aliphatic carbocycles. The molecular weight excluding hydrogens is 214 g/mol. The summed E-state index contributed by atoms with van der Waals surface area (Å²) in [6.45, 7) is 4.80. The number of unbranched alkanes of at least 4 members (excludes halogenated alkanes) is 1. The Morgan fingerprint density at radius 3 is 2.71 bits per heavy atom. The van der Waals surface area contributed by atoms with Crippen LogP contribution >= 0.6 is 0 Å². The van der Waals surface area contributed by atoms with E-state index in [0.717, 1.165) is 25.7 Å². The summed E-state index contributed by atoms with van der Waals surface area (Å²) in [5.74, 6) is 0. The fourth-order valence-electron chi connectivity index (χ4n) is 1.45. The molecule has 93 valence electrons. The Balaban J connectivity index is 2.02. The van der Waals surface area contributed by atoms with Gasteiger partial charge >= 0.3 is 6.09 Å². The predicted octanol–water partition coefficient (Wildman–Crippen LogP) is 2.96. The number of hydrogen-bond acceptors (Lipinski definition) is 2. The first-order chi connectivity index (χ1) is 8.33. The first-order valence-corrected chi connectivity index (χ1v) is 6.06. The summed E-state index contributed by atoms with van der Waals surface area (Å²) in [7, 11) is 0. The maximum atomic E-state index is 11.2. The molecule has 1 rings (SSSR count). The Kier molecular flexibility index (Phi) is 6.87. The molecule has 0 fully saturated rings. The van der Waals surface area contributed by atoms with Gasteiger partial charge in [0, 0.05) is 6.54 Å². The largest absolute Gasteiger partial charge is 0.450 e. The molecule has 0 spiro atoms. The Hall–Kier alpha value is -1.51. The van der Waals surface area contributed by atoms with Crippen LogP contribution in [0.2, 0.25) is 0 Å². The molecule has 3 nitrogen and oxygen atoms in total. The van der Waals surface area contributed by atoms with Gasteiger partial charge in [-0.2, -0.15) is 0 Å². The lowest BCUT2D eigenvalue weighted by atomic mass is 10.1. The van der Waals surface area contributed by atoms with Crippen molar-refractivity contribution in [3.05, 3.63) is 42.8 Å². The van der Waals surface area contributed by atoms with E-state index in [1.807, 2.05) is 18.2 Å². The Bertz CT molecular complexity index is 311. The van der Waals surface area contributed by atoms with Crippen molar-refractivity contribution in [3.8, 4) is 0 Å². The highest BCUT2D eigenvalue weighted by molar-refractivity contribution is 5.66. The molecule has 1 radical (unpaired) electrons. The Labute approximate surface area is 103 Å². The van der Waals surface area contributed by atoms with Gasteiger partial charge in [0.25, 0.3) is 0 Å². The molecule has 0 saturated heterocycles. The molecule has 3 heteroatoms. The first-order valence-electron chi connectivity index (χ1n) is 6.06. The second-order valence-electron chi connectivity index (χ2n) is 3.86. The normalized spacial score (nSPS) is 9.94. The van der Waals surface area contributed by atoms with Crippen LogP contribution in [0.3, 0.4) is 0 Å². The van der Waals surface area contributed by atoms with Crippen LogP contribution in [0.15, 0.2) is 30.3 Å². The zero-order chi connectivity index (χ0) is 12.3. The van der Waals surface area contributed by atoms with Gasteiger partial charge < -0.3 is 10.1 Å². The fourth-order valence-corrected chi connectivity index (χ4v) is 1.45. The van der Waals surface area contributed by atoms with Crippen LogP contribution in [0.1, 0.15) is 24.8 Å². The summed E-state index contributed by atoms with van der Waals surface area (Å²) in [4.78, 5) is 11.2. The van der Waals surface area contributed by atoms with E-state index in [0.29, 0.717) is 13.2 Å². The molecule has 0 aromatic heterocycles. The number of benzene rings is 1. The van der Waals surface area contributed by atoms with Crippen molar-refractivity contribution in [2.24, 2.45) is 0 Å². The highest BCUT2D eigenvalue weighted by Crippen LogP contribution is 2.02. The van der Waals surface area contributed by atoms with E-state index in [-0.39, 0.29) is 6.09 Å². The number of carbonyl (C=O) groups is 1.